The summed E-state index contributed by atoms with van der Waals surface area (Å²) in [5, 5.41) is 1.05. The fraction of sp³-hybridized carbons (Fsp3) is 0.270. The molecule has 8 heteroatoms. The van der Waals surface area contributed by atoms with Crippen molar-refractivity contribution >= 4 is 51.8 Å². The molecule has 1 saturated carbocycles. The minimum absolute atomic E-state index is 0.130. The lowest BCUT2D eigenvalue weighted by Crippen LogP contribution is -2.32. The molecule has 226 valence electrons. The van der Waals surface area contributed by atoms with E-state index in [1.807, 2.05) is 32.9 Å². The van der Waals surface area contributed by atoms with E-state index in [2.05, 4.69) is 6.08 Å². The van der Waals surface area contributed by atoms with Gasteiger partial charge in [0.1, 0.15) is 0 Å². The molecule has 2 aliphatic carbocycles. The third kappa shape index (κ3) is 4.68. The van der Waals surface area contributed by atoms with Crippen LogP contribution in [0.2, 0.25) is 5.02 Å². The molecule has 7 rings (SSSR count). The number of carbonyl (C=O) groups is 4. The summed E-state index contributed by atoms with van der Waals surface area (Å²) in [5.41, 5.74) is 5.85. The van der Waals surface area contributed by atoms with Gasteiger partial charge >= 0.3 is 5.97 Å². The van der Waals surface area contributed by atoms with Crippen LogP contribution >= 0.6 is 11.6 Å². The normalized spacial score (nSPS) is 22.5. The van der Waals surface area contributed by atoms with Crippen molar-refractivity contribution in [3.8, 4) is 11.3 Å². The molecule has 1 saturated heterocycles. The molecular weight excluding hydrogens is 588 g/mol. The van der Waals surface area contributed by atoms with Crippen molar-refractivity contribution in [2.75, 3.05) is 4.90 Å². The van der Waals surface area contributed by atoms with Crippen LogP contribution in [0.4, 0.5) is 5.69 Å². The number of fused-ring (bicyclic) bond motifs is 6. The molecule has 2 amide bonds. The fourth-order valence-electron chi connectivity index (χ4n) is 7.26. The van der Waals surface area contributed by atoms with Gasteiger partial charge in [-0.3, -0.25) is 19.3 Å². The van der Waals surface area contributed by atoms with Crippen molar-refractivity contribution in [1.82, 2.24) is 4.98 Å². The average Bonchev–Trinajstić information content (AvgIpc) is 3.68. The first kappa shape index (κ1) is 29.1. The maximum atomic E-state index is 13.6. The van der Waals surface area contributed by atoms with Crippen molar-refractivity contribution in [3.63, 3.8) is 0 Å². The number of ether oxygens (including phenoxy) is 1. The van der Waals surface area contributed by atoms with E-state index < -0.39 is 12.1 Å². The standard InChI is InChI=1S/C37H31ClN2O5/c1-18-5-7-23(8-6-18)34(41)21(4)45-37(44)28-17-30(39-33-20(3)29(38)14-13-26(28)33)22-9-11-25(12-10-22)40-35(42)31-24-15-19(2)27(16-24)32(31)36(40)43/h5-15,17,21,24,27,31-32H,16H2,1-4H3. The smallest absolute Gasteiger partial charge is 0.339 e. The van der Waals surface area contributed by atoms with Crippen LogP contribution in [-0.2, 0) is 14.3 Å². The number of halogens is 1. The first-order chi connectivity index (χ1) is 21.5. The van der Waals surface area contributed by atoms with Gasteiger partial charge in [-0.1, -0.05) is 71.3 Å². The summed E-state index contributed by atoms with van der Waals surface area (Å²) in [6, 6.07) is 19.2. The van der Waals surface area contributed by atoms with Crippen LogP contribution in [0.15, 0.2) is 78.4 Å². The van der Waals surface area contributed by atoms with Crippen molar-refractivity contribution in [1.29, 1.82) is 0 Å². The monoisotopic (exact) mass is 618 g/mol. The third-order valence-corrected chi connectivity index (χ3v) is 10.1. The van der Waals surface area contributed by atoms with Crippen LogP contribution in [-0.4, -0.2) is 34.7 Å². The van der Waals surface area contributed by atoms with E-state index in [-0.39, 0.29) is 46.8 Å². The first-order valence-corrected chi connectivity index (χ1v) is 15.5. The minimum Gasteiger partial charge on any atom is -0.451 e. The second-order valence-electron chi connectivity index (χ2n) is 12.4. The van der Waals surface area contributed by atoms with E-state index >= 15 is 0 Å². The van der Waals surface area contributed by atoms with Gasteiger partial charge in [0.2, 0.25) is 17.6 Å². The second-order valence-corrected chi connectivity index (χ2v) is 12.8. The van der Waals surface area contributed by atoms with Crippen molar-refractivity contribution in [2.45, 2.75) is 40.2 Å². The number of hydrogen-bond donors (Lipinski definition) is 0. The molecule has 0 N–H and O–H groups in total. The van der Waals surface area contributed by atoms with Gasteiger partial charge in [0, 0.05) is 21.5 Å². The number of Topliss-reactive ketones (excluding diaryl/α,β-unsaturated/α-hetero) is 1. The molecule has 1 aromatic heterocycles. The van der Waals surface area contributed by atoms with E-state index in [0.29, 0.717) is 44.0 Å². The van der Waals surface area contributed by atoms with E-state index in [4.69, 9.17) is 21.3 Å². The molecule has 5 unspecified atom stereocenters. The van der Waals surface area contributed by atoms with Crippen molar-refractivity contribution in [2.24, 2.45) is 23.7 Å². The number of allylic oxidation sites excluding steroid dienone is 2. The topological polar surface area (TPSA) is 93.6 Å². The Morgan fingerprint density at radius 3 is 2.33 bits per heavy atom. The van der Waals surface area contributed by atoms with Crippen LogP contribution < -0.4 is 4.90 Å². The van der Waals surface area contributed by atoms with Crippen LogP contribution in [0, 0.1) is 37.5 Å². The molecule has 0 radical (unpaired) electrons. The molecule has 7 nitrogen and oxygen atoms in total. The van der Waals surface area contributed by atoms with Gasteiger partial charge < -0.3 is 4.74 Å². The highest BCUT2D eigenvalue weighted by molar-refractivity contribution is 6.32. The molecule has 5 atom stereocenters. The van der Waals surface area contributed by atoms with E-state index in [9.17, 15) is 19.2 Å². The number of anilines is 1. The van der Waals surface area contributed by atoms with E-state index in [1.165, 1.54) is 10.5 Å². The van der Waals surface area contributed by atoms with Gasteiger partial charge in [-0.2, -0.15) is 0 Å². The number of amides is 2. The summed E-state index contributed by atoms with van der Waals surface area (Å²) < 4.78 is 5.69. The number of pyridine rings is 1. The molecule has 2 bridgehead atoms. The summed E-state index contributed by atoms with van der Waals surface area (Å²) in [6.07, 6.45) is 2.03. The number of carbonyl (C=O) groups excluding carboxylic acids is 4. The summed E-state index contributed by atoms with van der Waals surface area (Å²) >= 11 is 6.44. The highest BCUT2D eigenvalue weighted by Gasteiger charge is 2.60. The van der Waals surface area contributed by atoms with Gasteiger partial charge in [0.25, 0.3) is 0 Å². The molecule has 2 heterocycles. The highest BCUT2D eigenvalue weighted by atomic mass is 35.5. The van der Waals surface area contributed by atoms with Gasteiger partial charge in [0.15, 0.2) is 6.10 Å². The summed E-state index contributed by atoms with van der Waals surface area (Å²) in [6.45, 7) is 7.37. The largest absolute Gasteiger partial charge is 0.451 e. The van der Waals surface area contributed by atoms with Crippen LogP contribution in [0.3, 0.4) is 0 Å². The highest BCUT2D eigenvalue weighted by Crippen LogP contribution is 2.56. The SMILES string of the molecule is CC1=CC2CC1C1C(=O)N(c3ccc(-c4cc(C(=O)OC(C)C(=O)c5ccc(C)cc5)c5ccc(Cl)c(C)c5n4)cc3)C(=O)C21. The molecule has 4 aromatic rings. The molecule has 3 aromatic carbocycles. The van der Waals surface area contributed by atoms with Crippen LogP contribution in [0.5, 0.6) is 0 Å². The Hall–Kier alpha value is -4.62. The lowest BCUT2D eigenvalue weighted by molar-refractivity contribution is -0.123. The van der Waals surface area contributed by atoms with Gasteiger partial charge in [-0.05, 0) is 75.8 Å². The maximum absolute atomic E-state index is 13.6. The number of benzene rings is 3. The predicted octanol–water partition coefficient (Wildman–Crippen LogP) is 7.30. The number of esters is 1. The van der Waals surface area contributed by atoms with Gasteiger partial charge in [-0.25, -0.2) is 9.78 Å². The van der Waals surface area contributed by atoms with Crippen molar-refractivity contribution < 1.29 is 23.9 Å². The van der Waals surface area contributed by atoms with E-state index in [0.717, 1.165) is 12.0 Å². The average molecular weight is 619 g/mol. The second kappa shape index (κ2) is 10.8. The molecule has 2 fully saturated rings. The number of aryl methyl sites for hydroxylation is 2. The molecule has 45 heavy (non-hydrogen) atoms. The van der Waals surface area contributed by atoms with Crippen LogP contribution in [0.25, 0.3) is 22.2 Å². The van der Waals surface area contributed by atoms with Gasteiger partial charge in [0.05, 0.1) is 34.3 Å². The first-order valence-electron chi connectivity index (χ1n) is 15.1. The number of ketones is 1. The zero-order valence-electron chi connectivity index (χ0n) is 25.3. The number of aromatic nitrogens is 1. The predicted molar refractivity (Wildman–Crippen MR) is 172 cm³/mol. The Morgan fingerprint density at radius 2 is 1.62 bits per heavy atom. The van der Waals surface area contributed by atoms with E-state index in [1.54, 1.807) is 61.5 Å². The summed E-state index contributed by atoms with van der Waals surface area (Å²) in [4.78, 5) is 59.6. The molecule has 3 aliphatic rings. The number of imide groups is 1. The summed E-state index contributed by atoms with van der Waals surface area (Å²) in [5.74, 6) is -1.52. The summed E-state index contributed by atoms with van der Waals surface area (Å²) in [7, 11) is 0. The molecule has 0 spiro atoms. The Bertz CT molecular complexity index is 1960. The third-order valence-electron chi connectivity index (χ3n) is 9.68. The Labute approximate surface area is 265 Å². The Kier molecular flexibility index (Phi) is 6.97. The molecular formula is C37H31ClN2O5. The Balaban J connectivity index is 1.20. The minimum atomic E-state index is -1.01. The number of hydrogen-bond acceptors (Lipinski definition) is 6. The molecule has 1 aliphatic heterocycles. The number of nitrogens with zero attached hydrogens (tertiary/aromatic N) is 2. The quantitative estimate of drug-likeness (QED) is 0.0974. The van der Waals surface area contributed by atoms with Crippen LogP contribution in [0.1, 0.15) is 52.1 Å². The Morgan fingerprint density at radius 1 is 0.933 bits per heavy atom. The maximum Gasteiger partial charge on any atom is 0.339 e. The van der Waals surface area contributed by atoms with Gasteiger partial charge in [-0.15, -0.1) is 0 Å². The fourth-order valence-corrected chi connectivity index (χ4v) is 7.41. The zero-order valence-corrected chi connectivity index (χ0v) is 26.1. The number of rotatable bonds is 6. The lowest BCUT2D eigenvalue weighted by Gasteiger charge is -2.19. The lowest BCUT2D eigenvalue weighted by atomic mass is 9.82. The van der Waals surface area contributed by atoms with Crippen molar-refractivity contribution in [3.05, 3.63) is 106 Å². The zero-order chi connectivity index (χ0) is 31.7.